The number of alkyl halides is 3. The minimum absolute atomic E-state index is 0.305. The molecule has 0 unspecified atom stereocenters. The molecule has 0 aromatic heterocycles. The topological polar surface area (TPSA) is 41.5 Å². The lowest BCUT2D eigenvalue weighted by Gasteiger charge is -2.09. The number of benzene rings is 1. The first-order valence-electron chi connectivity index (χ1n) is 3.59. The maximum atomic E-state index is 11.7. The fourth-order valence-corrected chi connectivity index (χ4v) is 0.827. The lowest BCUT2D eigenvalue weighted by molar-refractivity contribution is -0.274. The molecule has 0 aliphatic rings. The average Bonchev–Trinajstić information content (AvgIpc) is 2.06. The maximum Gasteiger partial charge on any atom is 0.573 e. The van der Waals surface area contributed by atoms with Crippen molar-refractivity contribution in [2.24, 2.45) is 0 Å². The third-order valence-electron chi connectivity index (χ3n) is 1.32. The van der Waals surface area contributed by atoms with Crippen LogP contribution in [0.5, 0.6) is 5.75 Å². The Kier molecular flexibility index (Phi) is 3.24. The summed E-state index contributed by atoms with van der Waals surface area (Å²) in [5.74, 6) is -0.305. The first-order valence-corrected chi connectivity index (χ1v) is 3.59. The largest absolute Gasteiger partial charge is 0.573 e. The van der Waals surface area contributed by atoms with Gasteiger partial charge in [0.05, 0.1) is 0 Å². The number of ether oxygens (including phenoxy) is 1. The van der Waals surface area contributed by atoms with Crippen LogP contribution < -0.4 is 9.96 Å². The van der Waals surface area contributed by atoms with Gasteiger partial charge in [0, 0.05) is 5.69 Å². The first-order chi connectivity index (χ1) is 6.51. The third-order valence-corrected chi connectivity index (χ3v) is 1.32. The van der Waals surface area contributed by atoms with Gasteiger partial charge in [0.25, 0.3) is 0 Å². The molecule has 0 amide bonds. The zero-order chi connectivity index (χ0) is 10.6. The summed E-state index contributed by atoms with van der Waals surface area (Å²) >= 11 is 0. The molecule has 0 bridgehead atoms. The highest BCUT2D eigenvalue weighted by atomic mass is 19.4. The van der Waals surface area contributed by atoms with Gasteiger partial charge in [-0.2, -0.15) is 0 Å². The number of hydrogen-bond acceptors (Lipinski definition) is 3. The van der Waals surface area contributed by atoms with E-state index in [1.54, 1.807) is 0 Å². The van der Waals surface area contributed by atoms with Crippen molar-refractivity contribution in [3.8, 4) is 5.75 Å². The first kappa shape index (κ1) is 10.7. The summed E-state index contributed by atoms with van der Waals surface area (Å²) in [6, 6.07) is 4.96. The van der Waals surface area contributed by atoms with E-state index in [0.29, 0.717) is 13.3 Å². The second-order valence-electron chi connectivity index (χ2n) is 2.35. The Hall–Kier alpha value is -1.37. The fraction of sp³-hybridized carbons (Fsp3) is 0.143. The molecule has 75 valence electrons. The predicted octanol–water partition coefficient (Wildman–Crippen LogP) is 1.52. The molecule has 1 radical (unpaired) electrons. The van der Waals surface area contributed by atoms with Crippen molar-refractivity contribution >= 4 is 13.3 Å². The monoisotopic (exact) mass is 204 g/mol. The smallest absolute Gasteiger partial charge is 0.435 e. The van der Waals surface area contributed by atoms with Crippen LogP contribution >= 0.6 is 0 Å². The van der Waals surface area contributed by atoms with Crippen molar-refractivity contribution in [2.75, 3.05) is 5.23 Å². The Labute approximate surface area is 78.8 Å². The summed E-state index contributed by atoms with van der Waals surface area (Å²) in [5.41, 5.74) is 0.460. The summed E-state index contributed by atoms with van der Waals surface area (Å²) in [6.45, 7) is 0. The van der Waals surface area contributed by atoms with Gasteiger partial charge in [-0.1, -0.05) is 0 Å². The van der Waals surface area contributed by atoms with Crippen LogP contribution in [-0.2, 0) is 0 Å². The Morgan fingerprint density at radius 1 is 1.21 bits per heavy atom. The average molecular weight is 204 g/mol. The zero-order valence-corrected chi connectivity index (χ0v) is 6.88. The summed E-state index contributed by atoms with van der Waals surface area (Å²) in [6.07, 6.45) is -4.68. The highest BCUT2D eigenvalue weighted by Gasteiger charge is 2.30. The van der Waals surface area contributed by atoms with Gasteiger partial charge in [0.1, 0.15) is 5.75 Å². The SMILES string of the molecule is O[B]Nc1ccc(OC(F)(F)F)cc1. The van der Waals surface area contributed by atoms with Gasteiger partial charge in [-0.3, -0.25) is 0 Å². The van der Waals surface area contributed by atoms with Crippen LogP contribution in [0.1, 0.15) is 0 Å². The molecule has 0 aliphatic carbocycles. The van der Waals surface area contributed by atoms with Crippen molar-refractivity contribution in [1.82, 2.24) is 0 Å². The molecule has 2 N–H and O–H groups in total. The van der Waals surface area contributed by atoms with Gasteiger partial charge < -0.3 is 15.0 Å². The van der Waals surface area contributed by atoms with Crippen molar-refractivity contribution in [3.63, 3.8) is 0 Å². The van der Waals surface area contributed by atoms with Crippen LogP contribution in [0.4, 0.5) is 18.9 Å². The van der Waals surface area contributed by atoms with E-state index in [0.717, 1.165) is 12.1 Å². The van der Waals surface area contributed by atoms with Crippen molar-refractivity contribution in [2.45, 2.75) is 6.36 Å². The highest BCUT2D eigenvalue weighted by Crippen LogP contribution is 2.23. The summed E-state index contributed by atoms with van der Waals surface area (Å²) < 4.78 is 38.8. The van der Waals surface area contributed by atoms with E-state index >= 15 is 0 Å². The molecule has 0 spiro atoms. The van der Waals surface area contributed by atoms with Gasteiger partial charge in [-0.15, -0.1) is 13.2 Å². The molecule has 1 rings (SSSR count). The molecule has 1 aromatic carbocycles. The van der Waals surface area contributed by atoms with E-state index < -0.39 is 6.36 Å². The number of rotatable bonds is 3. The highest BCUT2D eigenvalue weighted by molar-refractivity contribution is 6.30. The standard InChI is InChI=1S/C7H6BF3NO2/c9-7(10,11)14-6-3-1-5(2-4-6)12-8-13/h1-4,12-13H. The quantitative estimate of drug-likeness (QED) is 0.733. The number of anilines is 1. The Morgan fingerprint density at radius 2 is 1.79 bits per heavy atom. The van der Waals surface area contributed by atoms with Crippen LogP contribution in [0.15, 0.2) is 24.3 Å². The molecule has 0 atom stereocenters. The van der Waals surface area contributed by atoms with Crippen molar-refractivity contribution in [3.05, 3.63) is 24.3 Å². The third kappa shape index (κ3) is 3.57. The van der Waals surface area contributed by atoms with Crippen LogP contribution in [0.2, 0.25) is 0 Å². The summed E-state index contributed by atoms with van der Waals surface area (Å²) in [4.78, 5) is 0. The molecular formula is C7H6BF3NO2. The Bertz CT molecular complexity index is 288. The lowest BCUT2D eigenvalue weighted by atomic mass is 10.2. The van der Waals surface area contributed by atoms with Crippen LogP contribution in [0.3, 0.4) is 0 Å². The van der Waals surface area contributed by atoms with Gasteiger partial charge in [0.15, 0.2) is 0 Å². The molecule has 7 heteroatoms. The molecule has 0 saturated heterocycles. The van der Waals surface area contributed by atoms with Crippen LogP contribution in [0.25, 0.3) is 0 Å². The summed E-state index contributed by atoms with van der Waals surface area (Å²) in [7, 11) is 0.680. The fourth-order valence-electron chi connectivity index (χ4n) is 0.827. The van der Waals surface area contributed by atoms with E-state index in [1.165, 1.54) is 12.1 Å². The van der Waals surface area contributed by atoms with Gasteiger partial charge >= 0.3 is 14.0 Å². The molecule has 0 heterocycles. The second kappa shape index (κ2) is 4.23. The molecule has 14 heavy (non-hydrogen) atoms. The predicted molar refractivity (Wildman–Crippen MR) is 44.7 cm³/mol. The Morgan fingerprint density at radius 3 is 2.21 bits per heavy atom. The van der Waals surface area contributed by atoms with E-state index in [-0.39, 0.29) is 5.75 Å². The van der Waals surface area contributed by atoms with E-state index in [4.69, 9.17) is 5.02 Å². The molecule has 0 aliphatic heterocycles. The second-order valence-corrected chi connectivity index (χ2v) is 2.35. The van der Waals surface area contributed by atoms with Gasteiger partial charge in [-0.05, 0) is 24.3 Å². The van der Waals surface area contributed by atoms with Gasteiger partial charge in [0.2, 0.25) is 0 Å². The van der Waals surface area contributed by atoms with E-state index in [9.17, 15) is 13.2 Å². The number of halogens is 3. The number of nitrogens with one attached hydrogen (secondary N) is 1. The number of hydrogen-bond donors (Lipinski definition) is 2. The normalized spacial score (nSPS) is 10.9. The van der Waals surface area contributed by atoms with Crippen LogP contribution in [-0.4, -0.2) is 19.0 Å². The molecule has 0 fully saturated rings. The zero-order valence-electron chi connectivity index (χ0n) is 6.88. The minimum Gasteiger partial charge on any atom is -0.435 e. The minimum atomic E-state index is -4.68. The van der Waals surface area contributed by atoms with Gasteiger partial charge in [-0.25, -0.2) is 0 Å². The van der Waals surface area contributed by atoms with E-state index in [1.807, 2.05) is 0 Å². The lowest BCUT2D eigenvalue weighted by Crippen LogP contribution is -2.17. The molecule has 1 aromatic rings. The molecule has 0 saturated carbocycles. The van der Waals surface area contributed by atoms with E-state index in [2.05, 4.69) is 9.96 Å². The summed E-state index contributed by atoms with van der Waals surface area (Å²) in [5, 5.41) is 10.7. The molecule has 3 nitrogen and oxygen atoms in total. The van der Waals surface area contributed by atoms with Crippen LogP contribution in [0, 0.1) is 0 Å². The maximum absolute atomic E-state index is 11.7. The Balaban J connectivity index is 2.64. The van der Waals surface area contributed by atoms with Crippen molar-refractivity contribution in [1.29, 1.82) is 0 Å². The molecular weight excluding hydrogens is 198 g/mol. The van der Waals surface area contributed by atoms with Crippen molar-refractivity contribution < 1.29 is 22.9 Å².